The van der Waals surface area contributed by atoms with Gasteiger partial charge in [0.15, 0.2) is 0 Å². The molecule has 0 aliphatic carbocycles. The second-order valence-electron chi connectivity index (χ2n) is 5.72. The zero-order chi connectivity index (χ0) is 14.3. The second-order valence-corrected chi connectivity index (χ2v) is 5.72. The number of aryl methyl sites for hydroxylation is 1. The molecule has 1 N–H and O–H groups in total. The van der Waals surface area contributed by atoms with Crippen LogP contribution < -0.4 is 5.32 Å². The Labute approximate surface area is 117 Å². The normalized spacial score (nSPS) is 13.2. The van der Waals surface area contributed by atoms with E-state index in [1.807, 2.05) is 6.92 Å². The third kappa shape index (κ3) is 6.26. The number of rotatable bonds is 9. The fraction of sp³-hybridized carbons (Fsp3) is 0.750. The van der Waals surface area contributed by atoms with Crippen molar-refractivity contribution in [1.82, 2.24) is 5.32 Å². The minimum atomic E-state index is 0.284. The molecule has 19 heavy (non-hydrogen) atoms. The first-order chi connectivity index (χ1) is 9.02. The van der Waals surface area contributed by atoms with Crippen LogP contribution in [0.15, 0.2) is 10.5 Å². The van der Waals surface area contributed by atoms with Gasteiger partial charge in [0.05, 0.1) is 6.10 Å². The number of nitrogens with one attached hydrogen (secondary N) is 1. The van der Waals surface area contributed by atoms with E-state index in [0.717, 1.165) is 37.5 Å². The fourth-order valence-electron chi connectivity index (χ4n) is 2.19. The largest absolute Gasteiger partial charge is 0.464 e. The van der Waals surface area contributed by atoms with E-state index in [1.54, 1.807) is 0 Å². The number of hydrogen-bond donors (Lipinski definition) is 1. The molecule has 0 aliphatic heterocycles. The molecule has 0 saturated heterocycles. The van der Waals surface area contributed by atoms with E-state index in [1.165, 1.54) is 5.56 Å². The summed E-state index contributed by atoms with van der Waals surface area (Å²) in [5.41, 5.74) is 1.24. The Kier molecular flexibility index (Phi) is 7.17. The monoisotopic (exact) mass is 267 g/mol. The molecule has 0 spiro atoms. The molecule has 3 heteroatoms. The summed E-state index contributed by atoms with van der Waals surface area (Å²) < 4.78 is 11.6. The van der Waals surface area contributed by atoms with Crippen molar-refractivity contribution >= 4 is 0 Å². The smallest absolute Gasteiger partial charge is 0.130 e. The lowest BCUT2D eigenvalue weighted by Gasteiger charge is -2.13. The molecule has 0 radical (unpaired) electrons. The summed E-state index contributed by atoms with van der Waals surface area (Å²) in [7, 11) is 0. The van der Waals surface area contributed by atoms with Crippen LogP contribution in [0.1, 0.15) is 57.6 Å². The third-order valence-corrected chi connectivity index (χ3v) is 3.13. The standard InChI is InChI=1S/C16H29NO2/c1-6-7-17-10-15-9-16(19-14(15)5)11-18-13(4)8-12(2)3/h9,12-13,17H,6-8,10-11H2,1-5H3. The van der Waals surface area contributed by atoms with E-state index < -0.39 is 0 Å². The molecule has 0 amide bonds. The maximum Gasteiger partial charge on any atom is 0.130 e. The lowest BCUT2D eigenvalue weighted by molar-refractivity contribution is 0.0300. The van der Waals surface area contributed by atoms with Crippen LogP contribution in [0.5, 0.6) is 0 Å². The van der Waals surface area contributed by atoms with Gasteiger partial charge in [-0.1, -0.05) is 20.8 Å². The predicted molar refractivity (Wildman–Crippen MR) is 79.1 cm³/mol. The van der Waals surface area contributed by atoms with Crippen LogP contribution in [0.25, 0.3) is 0 Å². The first-order valence-electron chi connectivity index (χ1n) is 7.43. The van der Waals surface area contributed by atoms with Crippen LogP contribution in [0.3, 0.4) is 0 Å². The number of furan rings is 1. The van der Waals surface area contributed by atoms with Gasteiger partial charge in [-0.25, -0.2) is 0 Å². The third-order valence-electron chi connectivity index (χ3n) is 3.13. The predicted octanol–water partition coefficient (Wildman–Crippen LogP) is 4.04. The van der Waals surface area contributed by atoms with Crippen LogP contribution in [0.4, 0.5) is 0 Å². The highest BCUT2D eigenvalue weighted by atomic mass is 16.5. The molecule has 0 fully saturated rings. The molecule has 110 valence electrons. The molecular weight excluding hydrogens is 238 g/mol. The van der Waals surface area contributed by atoms with E-state index in [-0.39, 0.29) is 6.10 Å². The van der Waals surface area contributed by atoms with E-state index in [2.05, 4.69) is 39.1 Å². The molecule has 3 nitrogen and oxygen atoms in total. The highest BCUT2D eigenvalue weighted by molar-refractivity contribution is 5.20. The lowest BCUT2D eigenvalue weighted by Crippen LogP contribution is -2.13. The highest BCUT2D eigenvalue weighted by Gasteiger charge is 2.10. The zero-order valence-corrected chi connectivity index (χ0v) is 13.1. The molecule has 1 unspecified atom stereocenters. The summed E-state index contributed by atoms with van der Waals surface area (Å²) in [6.45, 7) is 13.2. The van der Waals surface area contributed by atoms with Crippen LogP contribution in [-0.4, -0.2) is 12.6 Å². The maximum absolute atomic E-state index is 5.82. The summed E-state index contributed by atoms with van der Waals surface area (Å²) in [5.74, 6) is 2.60. The van der Waals surface area contributed by atoms with E-state index >= 15 is 0 Å². The Balaban J connectivity index is 2.40. The van der Waals surface area contributed by atoms with Crippen molar-refractivity contribution in [1.29, 1.82) is 0 Å². The molecular formula is C16H29NO2. The van der Waals surface area contributed by atoms with Gasteiger partial charge in [-0.2, -0.15) is 0 Å². The summed E-state index contributed by atoms with van der Waals surface area (Å²) in [6.07, 6.45) is 2.52. The molecule has 1 aromatic heterocycles. The Bertz CT molecular complexity index is 358. The summed E-state index contributed by atoms with van der Waals surface area (Å²) in [6, 6.07) is 2.11. The zero-order valence-electron chi connectivity index (χ0n) is 13.1. The molecule has 0 saturated carbocycles. The van der Waals surface area contributed by atoms with Gasteiger partial charge >= 0.3 is 0 Å². The van der Waals surface area contributed by atoms with Crippen molar-refractivity contribution in [2.45, 2.75) is 66.7 Å². The van der Waals surface area contributed by atoms with Crippen LogP contribution in [-0.2, 0) is 17.9 Å². The van der Waals surface area contributed by atoms with Crippen LogP contribution in [0, 0.1) is 12.8 Å². The first-order valence-corrected chi connectivity index (χ1v) is 7.43. The van der Waals surface area contributed by atoms with Crippen molar-refractivity contribution in [3.05, 3.63) is 23.2 Å². The fourth-order valence-corrected chi connectivity index (χ4v) is 2.19. The second kappa shape index (κ2) is 8.39. The lowest BCUT2D eigenvalue weighted by atomic mass is 10.1. The van der Waals surface area contributed by atoms with E-state index in [9.17, 15) is 0 Å². The highest BCUT2D eigenvalue weighted by Crippen LogP contribution is 2.17. The molecule has 1 aromatic rings. The molecule has 1 heterocycles. The summed E-state index contributed by atoms with van der Waals surface area (Å²) in [4.78, 5) is 0. The van der Waals surface area contributed by atoms with E-state index in [4.69, 9.17) is 9.15 Å². The minimum absolute atomic E-state index is 0.284. The number of hydrogen-bond acceptors (Lipinski definition) is 3. The number of ether oxygens (including phenoxy) is 1. The van der Waals surface area contributed by atoms with Gasteiger partial charge in [0.1, 0.15) is 18.1 Å². The first kappa shape index (κ1) is 16.3. The minimum Gasteiger partial charge on any atom is -0.464 e. The SMILES string of the molecule is CCCNCc1cc(COC(C)CC(C)C)oc1C. The van der Waals surface area contributed by atoms with Crippen LogP contribution in [0.2, 0.25) is 0 Å². The Morgan fingerprint density at radius 1 is 1.32 bits per heavy atom. The van der Waals surface area contributed by atoms with Gasteiger partial charge in [0.2, 0.25) is 0 Å². The topological polar surface area (TPSA) is 34.4 Å². The molecule has 0 bridgehead atoms. The van der Waals surface area contributed by atoms with Crippen molar-refractivity contribution < 1.29 is 9.15 Å². The van der Waals surface area contributed by atoms with Crippen LogP contribution >= 0.6 is 0 Å². The van der Waals surface area contributed by atoms with Crippen molar-refractivity contribution in [3.8, 4) is 0 Å². The Morgan fingerprint density at radius 2 is 2.05 bits per heavy atom. The molecule has 0 aromatic carbocycles. The van der Waals surface area contributed by atoms with Crippen molar-refractivity contribution in [2.24, 2.45) is 5.92 Å². The van der Waals surface area contributed by atoms with Gasteiger partial charge < -0.3 is 14.5 Å². The van der Waals surface area contributed by atoms with E-state index in [0.29, 0.717) is 12.5 Å². The average molecular weight is 267 g/mol. The van der Waals surface area contributed by atoms with Crippen molar-refractivity contribution in [2.75, 3.05) is 6.54 Å². The Morgan fingerprint density at radius 3 is 2.68 bits per heavy atom. The summed E-state index contributed by atoms with van der Waals surface area (Å²) in [5, 5.41) is 3.40. The average Bonchev–Trinajstić information content (AvgIpc) is 2.67. The Hall–Kier alpha value is -0.800. The van der Waals surface area contributed by atoms with Gasteiger partial charge in [0.25, 0.3) is 0 Å². The van der Waals surface area contributed by atoms with Gasteiger partial charge in [-0.3, -0.25) is 0 Å². The maximum atomic E-state index is 5.82. The van der Waals surface area contributed by atoms with Gasteiger partial charge in [-0.05, 0) is 45.2 Å². The quantitative estimate of drug-likeness (QED) is 0.686. The molecule has 0 aliphatic rings. The van der Waals surface area contributed by atoms with Crippen molar-refractivity contribution in [3.63, 3.8) is 0 Å². The molecule has 1 rings (SSSR count). The van der Waals surface area contributed by atoms with Gasteiger partial charge in [-0.15, -0.1) is 0 Å². The molecule has 1 atom stereocenters. The summed E-state index contributed by atoms with van der Waals surface area (Å²) >= 11 is 0. The van der Waals surface area contributed by atoms with Gasteiger partial charge in [0, 0.05) is 12.1 Å².